The number of nitro groups is 1. The summed E-state index contributed by atoms with van der Waals surface area (Å²) in [6, 6.07) is 11.0. The first-order valence-electron chi connectivity index (χ1n) is 8.69. The summed E-state index contributed by atoms with van der Waals surface area (Å²) in [6.07, 6.45) is -4.83. The van der Waals surface area contributed by atoms with Crippen molar-refractivity contribution in [3.05, 3.63) is 70.3 Å². The van der Waals surface area contributed by atoms with Gasteiger partial charge in [0.25, 0.3) is 15.7 Å². The van der Waals surface area contributed by atoms with E-state index < -0.39 is 50.8 Å². The molecule has 0 aromatic heterocycles. The van der Waals surface area contributed by atoms with Crippen LogP contribution in [0.2, 0.25) is 0 Å². The van der Waals surface area contributed by atoms with Crippen molar-refractivity contribution in [3.63, 3.8) is 0 Å². The Labute approximate surface area is 165 Å². The third-order valence-electron chi connectivity index (χ3n) is 4.69. The van der Waals surface area contributed by atoms with E-state index >= 15 is 0 Å². The second kappa shape index (κ2) is 8.09. The Morgan fingerprint density at radius 2 is 1.66 bits per heavy atom. The van der Waals surface area contributed by atoms with Gasteiger partial charge in [-0.1, -0.05) is 42.5 Å². The molecule has 0 N–H and O–H groups in total. The average molecular weight is 429 g/mol. The molecule has 11 heteroatoms. The van der Waals surface area contributed by atoms with Crippen LogP contribution in [0, 0.1) is 10.1 Å². The molecule has 0 radical (unpaired) electrons. The van der Waals surface area contributed by atoms with Crippen molar-refractivity contribution in [2.24, 2.45) is 0 Å². The number of piperazine rings is 1. The predicted octanol–water partition coefficient (Wildman–Crippen LogP) is 3.03. The number of rotatable bonds is 5. The van der Waals surface area contributed by atoms with Crippen molar-refractivity contribution < 1.29 is 26.5 Å². The molecule has 7 nitrogen and oxygen atoms in total. The summed E-state index contributed by atoms with van der Waals surface area (Å²) in [5, 5.41) is 11.2. The lowest BCUT2D eigenvalue weighted by atomic mass is 10.1. The maximum Gasteiger partial charge on any atom is 0.406 e. The van der Waals surface area contributed by atoms with E-state index in [0.717, 1.165) is 17.7 Å². The highest BCUT2D eigenvalue weighted by molar-refractivity contribution is 7.89. The van der Waals surface area contributed by atoms with E-state index in [1.165, 1.54) is 17.0 Å². The molecule has 1 aliphatic heterocycles. The van der Waals surface area contributed by atoms with Crippen LogP contribution < -0.4 is 0 Å². The molecule has 3 rings (SSSR count). The van der Waals surface area contributed by atoms with Crippen molar-refractivity contribution in [2.45, 2.75) is 23.7 Å². The smallest absolute Gasteiger partial charge is 0.296 e. The van der Waals surface area contributed by atoms with E-state index in [-0.39, 0.29) is 13.1 Å². The number of nitro benzene ring substituents is 1. The quantitative estimate of drug-likeness (QED) is 0.539. The number of halogens is 3. The molecule has 0 saturated carbocycles. The summed E-state index contributed by atoms with van der Waals surface area (Å²) < 4.78 is 67.4. The van der Waals surface area contributed by atoms with Crippen LogP contribution in [-0.4, -0.2) is 54.4 Å². The minimum atomic E-state index is -4.83. The number of alkyl halides is 3. The van der Waals surface area contributed by atoms with Crippen LogP contribution in [0.4, 0.5) is 18.9 Å². The van der Waals surface area contributed by atoms with Gasteiger partial charge in [-0.05, 0) is 11.6 Å². The summed E-state index contributed by atoms with van der Waals surface area (Å²) in [5.74, 6) is 0. The third kappa shape index (κ3) is 4.57. The highest BCUT2D eigenvalue weighted by atomic mass is 32.2. The number of nitrogens with zero attached hydrogens (tertiary/aromatic N) is 3. The van der Waals surface area contributed by atoms with E-state index in [2.05, 4.69) is 0 Å². The number of hydrogen-bond acceptors (Lipinski definition) is 5. The van der Waals surface area contributed by atoms with Crippen molar-refractivity contribution in [1.29, 1.82) is 0 Å². The summed E-state index contributed by atoms with van der Waals surface area (Å²) >= 11 is 0. The molecule has 29 heavy (non-hydrogen) atoms. The van der Waals surface area contributed by atoms with Crippen molar-refractivity contribution in [3.8, 4) is 0 Å². The zero-order chi connectivity index (χ0) is 21.2. The van der Waals surface area contributed by atoms with Crippen LogP contribution in [0.1, 0.15) is 5.56 Å². The van der Waals surface area contributed by atoms with Crippen LogP contribution >= 0.6 is 0 Å². The molecule has 2 aromatic rings. The largest absolute Gasteiger partial charge is 0.406 e. The molecule has 0 bridgehead atoms. The lowest BCUT2D eigenvalue weighted by molar-refractivity contribution is -0.387. The normalized spacial score (nSPS) is 19.2. The van der Waals surface area contributed by atoms with Crippen LogP contribution in [0.25, 0.3) is 0 Å². The minimum absolute atomic E-state index is 0.0708. The molecule has 1 heterocycles. The van der Waals surface area contributed by atoms with Gasteiger partial charge in [0.05, 0.1) is 4.92 Å². The van der Waals surface area contributed by atoms with Crippen LogP contribution in [0.5, 0.6) is 0 Å². The van der Waals surface area contributed by atoms with Gasteiger partial charge < -0.3 is 0 Å². The van der Waals surface area contributed by atoms with Crippen molar-refractivity contribution in [1.82, 2.24) is 9.21 Å². The number of para-hydroxylation sites is 1. The summed E-state index contributed by atoms with van der Waals surface area (Å²) in [5.41, 5.74) is 0.0589. The predicted molar refractivity (Wildman–Crippen MR) is 98.6 cm³/mol. The monoisotopic (exact) mass is 429 g/mol. The fourth-order valence-corrected chi connectivity index (χ4v) is 5.07. The Hall–Kier alpha value is -2.50. The minimum Gasteiger partial charge on any atom is -0.296 e. The number of sulfonamides is 1. The maximum atomic E-state index is 13.7. The molecule has 1 aliphatic rings. The van der Waals surface area contributed by atoms with E-state index in [4.69, 9.17) is 0 Å². The molecule has 0 aliphatic carbocycles. The van der Waals surface area contributed by atoms with Crippen LogP contribution in [0.15, 0.2) is 59.5 Å². The van der Waals surface area contributed by atoms with Gasteiger partial charge in [-0.2, -0.15) is 17.5 Å². The van der Waals surface area contributed by atoms with Gasteiger partial charge in [0.2, 0.25) is 0 Å². The first-order chi connectivity index (χ1) is 13.6. The molecular weight excluding hydrogens is 411 g/mol. The number of benzene rings is 2. The molecule has 1 unspecified atom stereocenters. The highest BCUT2D eigenvalue weighted by Gasteiger charge is 2.51. The zero-order valence-electron chi connectivity index (χ0n) is 15.1. The van der Waals surface area contributed by atoms with Gasteiger partial charge in [0.15, 0.2) is 4.90 Å². The van der Waals surface area contributed by atoms with E-state index in [9.17, 15) is 31.7 Å². The Morgan fingerprint density at radius 3 is 2.28 bits per heavy atom. The van der Waals surface area contributed by atoms with Crippen LogP contribution in [-0.2, 0) is 16.6 Å². The molecule has 0 spiro atoms. The maximum absolute atomic E-state index is 13.7. The standard InChI is InChI=1S/C18H18F3N3O4S/c19-18(20,21)17-13-22(12-14-6-2-1-3-7-14)10-11-23(17)29(27,28)16-9-5-4-8-15(16)24(25)26/h1-9,17H,10-13H2. The lowest BCUT2D eigenvalue weighted by Gasteiger charge is -2.41. The Bertz CT molecular complexity index is 983. The highest BCUT2D eigenvalue weighted by Crippen LogP contribution is 2.35. The summed E-state index contributed by atoms with van der Waals surface area (Å²) in [4.78, 5) is 11.0. The molecule has 1 atom stereocenters. The third-order valence-corrected chi connectivity index (χ3v) is 6.65. The SMILES string of the molecule is O=[N+]([O-])c1ccccc1S(=O)(=O)N1CCN(Cc2ccccc2)CC1C(F)(F)F. The lowest BCUT2D eigenvalue weighted by Crippen LogP contribution is -2.60. The van der Waals surface area contributed by atoms with Gasteiger partial charge in [-0.3, -0.25) is 15.0 Å². The number of hydrogen-bond donors (Lipinski definition) is 0. The van der Waals surface area contributed by atoms with Crippen molar-refractivity contribution in [2.75, 3.05) is 19.6 Å². The summed E-state index contributed by atoms with van der Waals surface area (Å²) in [6.45, 7) is -0.669. The molecule has 0 amide bonds. The first kappa shape index (κ1) is 21.2. The molecule has 1 fully saturated rings. The van der Waals surface area contributed by atoms with Gasteiger partial charge in [0.1, 0.15) is 6.04 Å². The topological polar surface area (TPSA) is 83.8 Å². The van der Waals surface area contributed by atoms with E-state index in [0.29, 0.717) is 4.31 Å². The van der Waals surface area contributed by atoms with Crippen molar-refractivity contribution >= 4 is 15.7 Å². The fraction of sp³-hybridized carbons (Fsp3) is 0.333. The van der Waals surface area contributed by atoms with E-state index in [1.54, 1.807) is 30.3 Å². The van der Waals surface area contributed by atoms with Gasteiger partial charge in [-0.15, -0.1) is 0 Å². The molecule has 2 aromatic carbocycles. The summed E-state index contributed by atoms with van der Waals surface area (Å²) in [7, 11) is -4.72. The molecule has 1 saturated heterocycles. The van der Waals surface area contributed by atoms with Crippen LogP contribution in [0.3, 0.4) is 0 Å². The van der Waals surface area contributed by atoms with Gasteiger partial charge in [-0.25, -0.2) is 8.42 Å². The van der Waals surface area contributed by atoms with E-state index in [1.807, 2.05) is 0 Å². The first-order valence-corrected chi connectivity index (χ1v) is 10.1. The fourth-order valence-electron chi connectivity index (χ4n) is 3.31. The molecular formula is C18H18F3N3O4S. The average Bonchev–Trinajstić information content (AvgIpc) is 2.68. The zero-order valence-corrected chi connectivity index (χ0v) is 15.9. The van der Waals surface area contributed by atoms with Gasteiger partial charge in [0, 0.05) is 32.2 Å². The van der Waals surface area contributed by atoms with Gasteiger partial charge >= 0.3 is 6.18 Å². The second-order valence-corrected chi connectivity index (χ2v) is 8.48. The Morgan fingerprint density at radius 1 is 1.03 bits per heavy atom. The molecule has 156 valence electrons. The Balaban J connectivity index is 1.92. The Kier molecular flexibility index (Phi) is 5.92. The second-order valence-electron chi connectivity index (χ2n) is 6.62.